The van der Waals surface area contributed by atoms with Crippen molar-refractivity contribution in [3.8, 4) is 5.75 Å². The molecule has 15 heavy (non-hydrogen) atoms. The minimum Gasteiger partial charge on any atom is -0.497 e. The number of nitrogens with one attached hydrogen (secondary N) is 1. The molecule has 1 aliphatic heterocycles. The third-order valence-electron chi connectivity index (χ3n) is 2.94. The molecule has 0 radical (unpaired) electrons. The van der Waals surface area contributed by atoms with Crippen LogP contribution in [0.1, 0.15) is 24.3 Å². The Balaban J connectivity index is 2.19. The van der Waals surface area contributed by atoms with E-state index in [0.717, 1.165) is 31.5 Å². The summed E-state index contributed by atoms with van der Waals surface area (Å²) in [7, 11) is 1.55. The Morgan fingerprint density at radius 2 is 2.33 bits per heavy atom. The first-order valence-electron chi connectivity index (χ1n) is 5.35. The van der Waals surface area contributed by atoms with Crippen LogP contribution in [0.4, 0.5) is 4.39 Å². The van der Waals surface area contributed by atoms with Crippen molar-refractivity contribution in [2.75, 3.05) is 20.2 Å². The lowest BCUT2D eigenvalue weighted by atomic mass is 9.91. The highest BCUT2D eigenvalue weighted by Gasteiger charge is 2.18. The molecule has 0 saturated carbocycles. The van der Waals surface area contributed by atoms with Crippen molar-refractivity contribution in [3.63, 3.8) is 0 Å². The summed E-state index contributed by atoms with van der Waals surface area (Å²) in [6.07, 6.45) is 2.19. The lowest BCUT2D eigenvalue weighted by molar-refractivity contribution is 0.407. The molecule has 2 nitrogen and oxygen atoms in total. The van der Waals surface area contributed by atoms with Crippen LogP contribution in [-0.4, -0.2) is 20.2 Å². The van der Waals surface area contributed by atoms with Gasteiger partial charge < -0.3 is 10.1 Å². The highest BCUT2D eigenvalue weighted by molar-refractivity contribution is 5.31. The van der Waals surface area contributed by atoms with E-state index in [4.69, 9.17) is 4.74 Å². The molecule has 0 aromatic heterocycles. The monoisotopic (exact) mass is 209 g/mol. The summed E-state index contributed by atoms with van der Waals surface area (Å²) in [6, 6.07) is 5.13. The van der Waals surface area contributed by atoms with Gasteiger partial charge in [0.1, 0.15) is 11.6 Å². The number of piperidine rings is 1. The summed E-state index contributed by atoms with van der Waals surface area (Å²) < 4.78 is 18.7. The SMILES string of the molecule is COc1ccc(C2CCCNC2)c(F)c1. The number of methoxy groups -OCH3 is 1. The van der Waals surface area contributed by atoms with E-state index in [2.05, 4.69) is 5.32 Å². The van der Waals surface area contributed by atoms with Crippen molar-refractivity contribution in [3.05, 3.63) is 29.6 Å². The second-order valence-corrected chi connectivity index (χ2v) is 3.93. The minimum atomic E-state index is -0.150. The maximum Gasteiger partial charge on any atom is 0.130 e. The zero-order valence-electron chi connectivity index (χ0n) is 8.92. The fraction of sp³-hybridized carbons (Fsp3) is 0.500. The Labute approximate surface area is 89.4 Å². The molecular weight excluding hydrogens is 193 g/mol. The van der Waals surface area contributed by atoms with Crippen LogP contribution in [0.25, 0.3) is 0 Å². The number of halogens is 1. The molecule has 0 bridgehead atoms. The molecule has 1 unspecified atom stereocenters. The van der Waals surface area contributed by atoms with Crippen molar-refractivity contribution in [1.82, 2.24) is 5.32 Å². The third kappa shape index (κ3) is 2.29. The first-order chi connectivity index (χ1) is 7.31. The van der Waals surface area contributed by atoms with Crippen LogP contribution in [0.5, 0.6) is 5.75 Å². The van der Waals surface area contributed by atoms with E-state index in [0.29, 0.717) is 11.7 Å². The van der Waals surface area contributed by atoms with Crippen molar-refractivity contribution >= 4 is 0 Å². The Kier molecular flexibility index (Phi) is 3.21. The van der Waals surface area contributed by atoms with Crippen LogP contribution in [-0.2, 0) is 0 Å². The molecule has 1 aromatic carbocycles. The molecule has 0 aliphatic carbocycles. The average molecular weight is 209 g/mol. The smallest absolute Gasteiger partial charge is 0.130 e. The maximum atomic E-state index is 13.7. The zero-order chi connectivity index (χ0) is 10.7. The van der Waals surface area contributed by atoms with Gasteiger partial charge in [-0.15, -0.1) is 0 Å². The van der Waals surface area contributed by atoms with Gasteiger partial charge in [0.2, 0.25) is 0 Å². The van der Waals surface area contributed by atoms with Gasteiger partial charge in [0.15, 0.2) is 0 Å². The molecule has 1 atom stereocenters. The zero-order valence-corrected chi connectivity index (χ0v) is 8.92. The normalized spacial score (nSPS) is 21.3. The van der Waals surface area contributed by atoms with Crippen LogP contribution >= 0.6 is 0 Å². The predicted molar refractivity (Wildman–Crippen MR) is 57.8 cm³/mol. The third-order valence-corrected chi connectivity index (χ3v) is 2.94. The maximum absolute atomic E-state index is 13.7. The summed E-state index contributed by atoms with van der Waals surface area (Å²) >= 11 is 0. The van der Waals surface area contributed by atoms with Crippen molar-refractivity contribution < 1.29 is 9.13 Å². The number of ether oxygens (including phenoxy) is 1. The molecule has 0 spiro atoms. The minimum absolute atomic E-state index is 0.150. The molecule has 0 amide bonds. The molecule has 1 aromatic rings. The van der Waals surface area contributed by atoms with E-state index in [1.807, 2.05) is 12.1 Å². The lowest BCUT2D eigenvalue weighted by Crippen LogP contribution is -2.28. The van der Waals surface area contributed by atoms with Crippen molar-refractivity contribution in [2.24, 2.45) is 0 Å². The summed E-state index contributed by atoms with van der Waals surface area (Å²) in [4.78, 5) is 0. The van der Waals surface area contributed by atoms with E-state index >= 15 is 0 Å². The Hall–Kier alpha value is -1.09. The molecule has 1 fully saturated rings. The summed E-state index contributed by atoms with van der Waals surface area (Å²) in [5.41, 5.74) is 0.808. The number of hydrogen-bond acceptors (Lipinski definition) is 2. The van der Waals surface area contributed by atoms with Crippen LogP contribution < -0.4 is 10.1 Å². The van der Waals surface area contributed by atoms with Crippen molar-refractivity contribution in [1.29, 1.82) is 0 Å². The van der Waals surface area contributed by atoms with Gasteiger partial charge in [-0.2, -0.15) is 0 Å². The van der Waals surface area contributed by atoms with Crippen LogP contribution in [0.2, 0.25) is 0 Å². The van der Waals surface area contributed by atoms with E-state index in [-0.39, 0.29) is 5.82 Å². The Bertz CT molecular complexity index is 334. The highest BCUT2D eigenvalue weighted by atomic mass is 19.1. The molecular formula is C12H16FNO. The Morgan fingerprint density at radius 3 is 2.93 bits per heavy atom. The summed E-state index contributed by atoms with van der Waals surface area (Å²) in [5, 5.41) is 3.29. The molecule has 3 heteroatoms. The molecule has 1 aliphatic rings. The van der Waals surface area contributed by atoms with Gasteiger partial charge in [-0.1, -0.05) is 6.07 Å². The van der Waals surface area contributed by atoms with Gasteiger partial charge >= 0.3 is 0 Å². The molecule has 1 saturated heterocycles. The van der Waals surface area contributed by atoms with Gasteiger partial charge in [-0.25, -0.2) is 4.39 Å². The number of benzene rings is 1. The van der Waals surface area contributed by atoms with E-state index < -0.39 is 0 Å². The van der Waals surface area contributed by atoms with Crippen LogP contribution in [0.3, 0.4) is 0 Å². The first-order valence-corrected chi connectivity index (χ1v) is 5.35. The average Bonchev–Trinajstić information content (AvgIpc) is 2.30. The number of hydrogen-bond donors (Lipinski definition) is 1. The van der Waals surface area contributed by atoms with Crippen LogP contribution in [0, 0.1) is 5.82 Å². The first kappa shape index (κ1) is 10.4. The van der Waals surface area contributed by atoms with E-state index in [1.165, 1.54) is 6.07 Å². The van der Waals surface area contributed by atoms with Crippen LogP contribution in [0.15, 0.2) is 18.2 Å². The van der Waals surface area contributed by atoms with Gasteiger partial charge in [-0.05, 0) is 36.9 Å². The van der Waals surface area contributed by atoms with E-state index in [1.54, 1.807) is 7.11 Å². The van der Waals surface area contributed by atoms with Gasteiger partial charge in [0.25, 0.3) is 0 Å². The number of rotatable bonds is 2. The molecule has 1 N–H and O–H groups in total. The summed E-state index contributed by atoms with van der Waals surface area (Å²) in [6.45, 7) is 1.93. The van der Waals surface area contributed by atoms with Gasteiger partial charge in [-0.3, -0.25) is 0 Å². The van der Waals surface area contributed by atoms with Gasteiger partial charge in [0, 0.05) is 12.6 Å². The second-order valence-electron chi connectivity index (χ2n) is 3.93. The molecule has 1 heterocycles. The van der Waals surface area contributed by atoms with E-state index in [9.17, 15) is 4.39 Å². The fourth-order valence-electron chi connectivity index (χ4n) is 2.08. The molecule has 82 valence electrons. The second kappa shape index (κ2) is 4.62. The fourth-order valence-corrected chi connectivity index (χ4v) is 2.08. The van der Waals surface area contributed by atoms with Gasteiger partial charge in [0.05, 0.1) is 7.11 Å². The summed E-state index contributed by atoms with van der Waals surface area (Å²) in [5.74, 6) is 0.743. The van der Waals surface area contributed by atoms with Crippen molar-refractivity contribution in [2.45, 2.75) is 18.8 Å². The predicted octanol–water partition coefficient (Wildman–Crippen LogP) is 2.30. The standard InChI is InChI=1S/C12H16FNO/c1-15-10-4-5-11(12(13)7-10)9-3-2-6-14-8-9/h4-5,7,9,14H,2-3,6,8H2,1H3. The largest absolute Gasteiger partial charge is 0.497 e. The Morgan fingerprint density at radius 1 is 1.47 bits per heavy atom. The quantitative estimate of drug-likeness (QED) is 0.807. The topological polar surface area (TPSA) is 21.3 Å². The lowest BCUT2D eigenvalue weighted by Gasteiger charge is -2.23. The highest BCUT2D eigenvalue weighted by Crippen LogP contribution is 2.27. The molecule has 2 rings (SSSR count).